The third kappa shape index (κ3) is 5.32. The highest BCUT2D eigenvalue weighted by Crippen LogP contribution is 2.32. The molecular formula is C29H27BrN6O2S. The average molecular weight is 604 g/mol. The minimum absolute atomic E-state index is 0.0390. The topological polar surface area (TPSA) is 92.5 Å². The summed E-state index contributed by atoms with van der Waals surface area (Å²) in [6.45, 7) is 1.44. The minimum Gasteiger partial charge on any atom is -0.366 e. The van der Waals surface area contributed by atoms with Crippen molar-refractivity contribution in [2.75, 3.05) is 18.4 Å². The molecule has 0 aliphatic carbocycles. The van der Waals surface area contributed by atoms with Crippen LogP contribution in [0.3, 0.4) is 0 Å². The third-order valence-corrected chi connectivity index (χ3v) is 9.49. The number of hydrogen-bond acceptors (Lipinski definition) is 6. The first-order valence-electron chi connectivity index (χ1n) is 12.8. The number of piperidine rings is 1. The van der Waals surface area contributed by atoms with Gasteiger partial charge in [-0.2, -0.15) is 13.9 Å². The van der Waals surface area contributed by atoms with Crippen LogP contribution in [0, 0.1) is 0 Å². The lowest BCUT2D eigenvalue weighted by Crippen LogP contribution is -2.39. The van der Waals surface area contributed by atoms with Crippen molar-refractivity contribution in [2.45, 2.75) is 30.2 Å². The van der Waals surface area contributed by atoms with E-state index in [0.29, 0.717) is 30.2 Å². The lowest BCUT2D eigenvalue weighted by atomic mass is 9.96. The second-order valence-corrected chi connectivity index (χ2v) is 12.4. The first-order chi connectivity index (χ1) is 19.0. The van der Waals surface area contributed by atoms with Crippen LogP contribution in [0.4, 0.5) is 5.82 Å². The van der Waals surface area contributed by atoms with E-state index in [1.807, 2.05) is 66.9 Å². The van der Waals surface area contributed by atoms with Crippen molar-refractivity contribution in [1.82, 2.24) is 23.9 Å². The van der Waals surface area contributed by atoms with Gasteiger partial charge in [0.2, 0.25) is 10.0 Å². The summed E-state index contributed by atoms with van der Waals surface area (Å²) in [7, 11) is -3.64. The molecule has 8 nitrogen and oxygen atoms in total. The maximum absolute atomic E-state index is 13.6. The molecule has 1 atom stereocenters. The molecule has 1 aliphatic rings. The maximum atomic E-state index is 13.6. The Morgan fingerprint density at radius 2 is 1.77 bits per heavy atom. The number of nitrogens with zero attached hydrogens (tertiary/aromatic N) is 5. The standard InChI is InChI=1S/C29H27BrN6O2S/c30-26-19-33-36-28(32-18-21-6-4-14-31-17-21)16-27(34-29(26)36)24-9-5-15-35(20-24)39(37,38)25-12-10-23(11-13-25)22-7-2-1-3-8-22/h1-4,6-8,10-14,16-17,19,24,32H,5,9,15,18,20H2. The predicted octanol–water partition coefficient (Wildman–Crippen LogP) is 5.73. The van der Waals surface area contributed by atoms with Crippen LogP contribution in [0.15, 0.2) is 101 Å². The van der Waals surface area contributed by atoms with E-state index in [0.717, 1.165) is 45.5 Å². The summed E-state index contributed by atoms with van der Waals surface area (Å²) in [5.41, 5.74) is 4.62. The summed E-state index contributed by atoms with van der Waals surface area (Å²) in [6.07, 6.45) is 6.91. The molecule has 6 rings (SSSR count). The smallest absolute Gasteiger partial charge is 0.243 e. The third-order valence-electron chi connectivity index (χ3n) is 7.05. The van der Waals surface area contributed by atoms with Gasteiger partial charge in [0.05, 0.1) is 21.3 Å². The molecule has 5 aromatic rings. The van der Waals surface area contributed by atoms with Gasteiger partial charge in [0.15, 0.2) is 5.65 Å². The Hall–Kier alpha value is -3.60. The van der Waals surface area contributed by atoms with E-state index >= 15 is 0 Å². The number of hydrogen-bond donors (Lipinski definition) is 1. The first kappa shape index (κ1) is 25.7. The predicted molar refractivity (Wildman–Crippen MR) is 155 cm³/mol. The number of anilines is 1. The van der Waals surface area contributed by atoms with Crippen LogP contribution >= 0.6 is 15.9 Å². The lowest BCUT2D eigenvalue weighted by molar-refractivity contribution is 0.313. The highest BCUT2D eigenvalue weighted by atomic mass is 79.9. The summed E-state index contributed by atoms with van der Waals surface area (Å²) in [4.78, 5) is 9.38. The van der Waals surface area contributed by atoms with E-state index in [9.17, 15) is 8.42 Å². The second kappa shape index (κ2) is 10.9. The quantitative estimate of drug-likeness (QED) is 0.255. The molecule has 0 radical (unpaired) electrons. The van der Waals surface area contributed by atoms with Crippen LogP contribution in [0.25, 0.3) is 16.8 Å². The van der Waals surface area contributed by atoms with E-state index in [1.54, 1.807) is 33.3 Å². The van der Waals surface area contributed by atoms with Gasteiger partial charge in [0, 0.05) is 44.0 Å². The fourth-order valence-corrected chi connectivity index (χ4v) is 6.86. The maximum Gasteiger partial charge on any atom is 0.243 e. The molecule has 10 heteroatoms. The molecule has 2 aromatic carbocycles. The summed E-state index contributed by atoms with van der Waals surface area (Å²) in [5, 5.41) is 7.91. The zero-order chi connectivity index (χ0) is 26.8. The fourth-order valence-electron chi connectivity index (χ4n) is 4.99. The summed E-state index contributed by atoms with van der Waals surface area (Å²) >= 11 is 3.56. The molecule has 1 N–H and O–H groups in total. The van der Waals surface area contributed by atoms with Gasteiger partial charge in [0.25, 0.3) is 0 Å². The van der Waals surface area contributed by atoms with E-state index in [-0.39, 0.29) is 5.92 Å². The van der Waals surface area contributed by atoms with Gasteiger partial charge >= 0.3 is 0 Å². The van der Waals surface area contributed by atoms with Crippen molar-refractivity contribution in [3.05, 3.63) is 107 Å². The lowest BCUT2D eigenvalue weighted by Gasteiger charge is -2.32. The van der Waals surface area contributed by atoms with Gasteiger partial charge in [-0.25, -0.2) is 13.4 Å². The average Bonchev–Trinajstić information content (AvgIpc) is 3.37. The minimum atomic E-state index is -3.64. The number of pyridine rings is 1. The van der Waals surface area contributed by atoms with Gasteiger partial charge in [-0.1, -0.05) is 48.5 Å². The SMILES string of the molecule is O=S(=O)(c1ccc(-c2ccccc2)cc1)N1CCCC(c2cc(NCc3cccnc3)n3ncc(Br)c3n2)C1. The van der Waals surface area contributed by atoms with Crippen molar-refractivity contribution in [3.8, 4) is 11.1 Å². The van der Waals surface area contributed by atoms with Gasteiger partial charge in [-0.3, -0.25) is 4.98 Å². The largest absolute Gasteiger partial charge is 0.366 e. The van der Waals surface area contributed by atoms with Crippen molar-refractivity contribution in [2.24, 2.45) is 0 Å². The molecule has 198 valence electrons. The van der Waals surface area contributed by atoms with E-state index in [2.05, 4.69) is 31.3 Å². The van der Waals surface area contributed by atoms with Crippen LogP contribution in [-0.4, -0.2) is 45.4 Å². The van der Waals surface area contributed by atoms with Crippen LogP contribution in [0.5, 0.6) is 0 Å². The molecule has 0 amide bonds. The normalized spacial score (nSPS) is 16.4. The zero-order valence-corrected chi connectivity index (χ0v) is 23.5. The van der Waals surface area contributed by atoms with Crippen LogP contribution in [0.1, 0.15) is 30.0 Å². The highest BCUT2D eigenvalue weighted by molar-refractivity contribution is 9.10. The van der Waals surface area contributed by atoms with E-state index in [1.165, 1.54) is 0 Å². The molecule has 1 fully saturated rings. The fraction of sp³-hybridized carbons (Fsp3) is 0.207. The van der Waals surface area contributed by atoms with Gasteiger partial charge in [0.1, 0.15) is 5.82 Å². The Bertz CT molecular complexity index is 1690. The number of sulfonamides is 1. The number of benzene rings is 2. The summed E-state index contributed by atoms with van der Waals surface area (Å²) in [5.74, 6) is 0.754. The van der Waals surface area contributed by atoms with E-state index < -0.39 is 10.0 Å². The van der Waals surface area contributed by atoms with Crippen LogP contribution < -0.4 is 5.32 Å². The van der Waals surface area contributed by atoms with Gasteiger partial charge in [-0.15, -0.1) is 0 Å². The Labute approximate surface area is 235 Å². The molecule has 39 heavy (non-hydrogen) atoms. The van der Waals surface area contributed by atoms with Gasteiger partial charge < -0.3 is 5.32 Å². The second-order valence-electron chi connectivity index (χ2n) is 9.60. The van der Waals surface area contributed by atoms with Gasteiger partial charge in [-0.05, 0) is 63.7 Å². The molecule has 1 aliphatic heterocycles. The molecule has 0 saturated carbocycles. The zero-order valence-electron chi connectivity index (χ0n) is 21.1. The van der Waals surface area contributed by atoms with E-state index in [4.69, 9.17) is 4.98 Å². The molecule has 3 aromatic heterocycles. The Balaban J connectivity index is 1.25. The summed E-state index contributed by atoms with van der Waals surface area (Å²) in [6, 6.07) is 23.0. The van der Waals surface area contributed by atoms with Crippen molar-refractivity contribution >= 4 is 37.4 Å². The Morgan fingerprint density at radius 3 is 2.54 bits per heavy atom. The number of rotatable bonds is 7. The number of halogens is 1. The first-order valence-corrected chi connectivity index (χ1v) is 15.0. The molecule has 0 bridgehead atoms. The molecular weight excluding hydrogens is 576 g/mol. The Kier molecular flexibility index (Phi) is 7.16. The van der Waals surface area contributed by atoms with Crippen LogP contribution in [-0.2, 0) is 16.6 Å². The molecule has 1 unspecified atom stereocenters. The number of aromatic nitrogens is 4. The molecule has 0 spiro atoms. The molecule has 1 saturated heterocycles. The van der Waals surface area contributed by atoms with Crippen molar-refractivity contribution in [3.63, 3.8) is 0 Å². The molecule has 4 heterocycles. The number of nitrogens with one attached hydrogen (secondary N) is 1. The van der Waals surface area contributed by atoms with Crippen LogP contribution in [0.2, 0.25) is 0 Å². The number of fused-ring (bicyclic) bond motifs is 1. The summed E-state index contributed by atoms with van der Waals surface area (Å²) < 4.78 is 31.4. The highest BCUT2D eigenvalue weighted by Gasteiger charge is 2.32. The van der Waals surface area contributed by atoms with Crippen molar-refractivity contribution < 1.29 is 8.42 Å². The monoisotopic (exact) mass is 602 g/mol. The van der Waals surface area contributed by atoms with Crippen molar-refractivity contribution in [1.29, 1.82) is 0 Å². The Morgan fingerprint density at radius 1 is 0.974 bits per heavy atom.